The van der Waals surface area contributed by atoms with Crippen LogP contribution in [0, 0.1) is 0 Å². The van der Waals surface area contributed by atoms with Gasteiger partial charge in [-0.25, -0.2) is 4.98 Å². The predicted octanol–water partition coefficient (Wildman–Crippen LogP) is 2.09. The summed E-state index contributed by atoms with van der Waals surface area (Å²) in [6.07, 6.45) is -4.76. The molecule has 0 atom stereocenters. The van der Waals surface area contributed by atoms with Crippen molar-refractivity contribution in [1.29, 1.82) is 0 Å². The van der Waals surface area contributed by atoms with Gasteiger partial charge in [-0.3, -0.25) is 0 Å². The van der Waals surface area contributed by atoms with E-state index in [9.17, 15) is 13.2 Å². The van der Waals surface area contributed by atoms with Crippen molar-refractivity contribution in [3.8, 4) is 5.88 Å². The normalized spacial score (nSPS) is 11.5. The highest BCUT2D eigenvalue weighted by molar-refractivity contribution is 6.30. The van der Waals surface area contributed by atoms with E-state index >= 15 is 0 Å². The molecule has 7 heteroatoms. The van der Waals surface area contributed by atoms with Crippen LogP contribution in [0.15, 0.2) is 12.1 Å². The number of alkyl halides is 3. The number of ether oxygens (including phenoxy) is 1. The minimum Gasteiger partial charge on any atom is -0.388 e. The second-order valence-corrected chi connectivity index (χ2v) is 2.71. The molecule has 0 unspecified atom stereocenters. The molecule has 0 radical (unpaired) electrons. The second-order valence-electron chi connectivity index (χ2n) is 2.35. The highest BCUT2D eigenvalue weighted by Gasteiger charge is 2.31. The maximum atomic E-state index is 11.7. The van der Waals surface area contributed by atoms with Crippen LogP contribution in [0.1, 0.15) is 5.56 Å². The minimum atomic E-state index is -4.76. The van der Waals surface area contributed by atoms with E-state index in [1.54, 1.807) is 0 Å². The van der Waals surface area contributed by atoms with Gasteiger partial charge in [0.15, 0.2) is 0 Å². The fraction of sp³-hybridized carbons (Fsp3) is 0.286. The third kappa shape index (κ3) is 3.04. The summed E-state index contributed by atoms with van der Waals surface area (Å²) in [6.45, 7) is 0.109. The van der Waals surface area contributed by atoms with Crippen molar-refractivity contribution in [1.82, 2.24) is 4.98 Å². The predicted molar refractivity (Wildman–Crippen MR) is 43.8 cm³/mol. The summed E-state index contributed by atoms with van der Waals surface area (Å²) >= 11 is 5.52. The maximum absolute atomic E-state index is 11.7. The molecule has 1 aromatic rings. The number of halogens is 4. The molecular formula is C7H6ClF3N2O. The summed E-state index contributed by atoms with van der Waals surface area (Å²) in [5, 5.41) is -0.0887. The van der Waals surface area contributed by atoms with E-state index < -0.39 is 12.2 Å². The molecule has 2 N–H and O–H groups in total. The quantitative estimate of drug-likeness (QED) is 0.786. The molecule has 0 amide bonds. The lowest BCUT2D eigenvalue weighted by atomic mass is 10.3. The van der Waals surface area contributed by atoms with E-state index in [2.05, 4.69) is 9.72 Å². The van der Waals surface area contributed by atoms with Gasteiger partial charge in [0.25, 0.3) is 0 Å². The lowest BCUT2D eigenvalue weighted by Gasteiger charge is -2.08. The van der Waals surface area contributed by atoms with E-state index in [0.717, 1.165) is 6.07 Å². The Kier molecular flexibility index (Phi) is 3.17. The van der Waals surface area contributed by atoms with E-state index in [1.807, 2.05) is 0 Å². The Morgan fingerprint density at radius 3 is 2.50 bits per heavy atom. The van der Waals surface area contributed by atoms with Crippen LogP contribution >= 0.6 is 11.6 Å². The van der Waals surface area contributed by atoms with Gasteiger partial charge in [0.05, 0.1) is 0 Å². The molecule has 0 aliphatic carbocycles. The maximum Gasteiger partial charge on any atom is 0.574 e. The zero-order valence-electron chi connectivity index (χ0n) is 6.81. The van der Waals surface area contributed by atoms with E-state index in [4.69, 9.17) is 17.3 Å². The van der Waals surface area contributed by atoms with Crippen LogP contribution in [0.3, 0.4) is 0 Å². The van der Waals surface area contributed by atoms with Gasteiger partial charge in [0.2, 0.25) is 5.88 Å². The van der Waals surface area contributed by atoms with Crippen molar-refractivity contribution >= 4 is 11.6 Å². The molecule has 1 rings (SSSR count). The molecule has 0 aromatic carbocycles. The lowest BCUT2D eigenvalue weighted by molar-refractivity contribution is -0.276. The molecule has 1 heterocycles. The molecule has 14 heavy (non-hydrogen) atoms. The van der Waals surface area contributed by atoms with Gasteiger partial charge in [-0.05, 0) is 6.07 Å². The average Bonchev–Trinajstić information content (AvgIpc) is 2.01. The summed E-state index contributed by atoms with van der Waals surface area (Å²) in [5.41, 5.74) is 5.70. The fourth-order valence-corrected chi connectivity index (χ4v) is 0.998. The van der Waals surface area contributed by atoms with Gasteiger partial charge >= 0.3 is 6.36 Å². The third-order valence-electron chi connectivity index (χ3n) is 1.34. The van der Waals surface area contributed by atoms with Crippen LogP contribution in [0.25, 0.3) is 0 Å². The van der Waals surface area contributed by atoms with Gasteiger partial charge < -0.3 is 10.5 Å². The van der Waals surface area contributed by atoms with Crippen molar-refractivity contribution in [2.45, 2.75) is 12.9 Å². The Morgan fingerprint density at radius 1 is 1.43 bits per heavy atom. The van der Waals surface area contributed by atoms with Crippen LogP contribution < -0.4 is 10.5 Å². The van der Waals surface area contributed by atoms with Crippen LogP contribution in [0.2, 0.25) is 5.15 Å². The second kappa shape index (κ2) is 4.02. The summed E-state index contributed by atoms with van der Waals surface area (Å²) in [5.74, 6) is -0.597. The van der Waals surface area contributed by atoms with Crippen LogP contribution in [-0.4, -0.2) is 11.3 Å². The molecule has 0 bridgehead atoms. The molecule has 0 aliphatic rings. The molecule has 0 fully saturated rings. The fourth-order valence-electron chi connectivity index (χ4n) is 0.774. The van der Waals surface area contributed by atoms with E-state index in [-0.39, 0.29) is 11.7 Å². The number of aromatic nitrogens is 1. The van der Waals surface area contributed by atoms with Gasteiger partial charge in [0, 0.05) is 18.2 Å². The van der Waals surface area contributed by atoms with Gasteiger partial charge in [-0.2, -0.15) is 0 Å². The van der Waals surface area contributed by atoms with Crippen LogP contribution in [0.4, 0.5) is 13.2 Å². The SMILES string of the molecule is NCc1ccc(OC(F)(F)F)nc1Cl. The monoisotopic (exact) mass is 226 g/mol. The lowest BCUT2D eigenvalue weighted by Crippen LogP contribution is -2.18. The topological polar surface area (TPSA) is 48.1 Å². The third-order valence-corrected chi connectivity index (χ3v) is 1.67. The molecule has 0 spiro atoms. The minimum absolute atomic E-state index is 0.0887. The van der Waals surface area contributed by atoms with Gasteiger partial charge in [0.1, 0.15) is 5.15 Å². The first-order valence-electron chi connectivity index (χ1n) is 3.53. The molecule has 0 saturated heterocycles. The summed E-state index contributed by atoms with van der Waals surface area (Å²) in [7, 11) is 0. The van der Waals surface area contributed by atoms with Crippen molar-refractivity contribution in [3.63, 3.8) is 0 Å². The Labute approximate surface area is 82.6 Å². The summed E-state index contributed by atoms with van der Waals surface area (Å²) in [6, 6.07) is 2.39. The average molecular weight is 227 g/mol. The molecular weight excluding hydrogens is 221 g/mol. The Bertz CT molecular complexity index is 329. The Morgan fingerprint density at radius 2 is 2.07 bits per heavy atom. The smallest absolute Gasteiger partial charge is 0.388 e. The number of nitrogens with two attached hydrogens (primary N) is 1. The molecule has 3 nitrogen and oxygen atoms in total. The molecule has 78 valence electrons. The standard InChI is InChI=1S/C7H6ClF3N2O/c8-6-4(3-12)1-2-5(13-6)14-7(9,10)11/h1-2H,3,12H2. The first-order chi connectivity index (χ1) is 6.42. The number of hydrogen-bond acceptors (Lipinski definition) is 3. The van der Waals surface area contributed by atoms with Crippen LogP contribution in [-0.2, 0) is 6.54 Å². The first-order valence-corrected chi connectivity index (χ1v) is 3.91. The van der Waals surface area contributed by atoms with Crippen molar-refractivity contribution < 1.29 is 17.9 Å². The summed E-state index contributed by atoms with van der Waals surface area (Å²) < 4.78 is 38.7. The number of nitrogens with zero attached hydrogens (tertiary/aromatic N) is 1. The number of rotatable bonds is 2. The van der Waals surface area contributed by atoms with Gasteiger partial charge in [-0.15, -0.1) is 13.2 Å². The largest absolute Gasteiger partial charge is 0.574 e. The molecule has 0 saturated carbocycles. The highest BCUT2D eigenvalue weighted by atomic mass is 35.5. The van der Waals surface area contributed by atoms with E-state index in [0.29, 0.717) is 5.56 Å². The Balaban J connectivity index is 2.87. The summed E-state index contributed by atoms with van der Waals surface area (Å²) in [4.78, 5) is 3.37. The Hall–Kier alpha value is -1.01. The van der Waals surface area contributed by atoms with Crippen molar-refractivity contribution in [3.05, 3.63) is 22.8 Å². The molecule has 1 aromatic heterocycles. The van der Waals surface area contributed by atoms with Gasteiger partial charge in [-0.1, -0.05) is 11.6 Å². The van der Waals surface area contributed by atoms with E-state index in [1.165, 1.54) is 6.07 Å². The number of hydrogen-bond donors (Lipinski definition) is 1. The molecule has 0 aliphatic heterocycles. The van der Waals surface area contributed by atoms with Crippen LogP contribution in [0.5, 0.6) is 5.88 Å². The first kappa shape index (κ1) is 11.1. The van der Waals surface area contributed by atoms with Crippen molar-refractivity contribution in [2.75, 3.05) is 0 Å². The zero-order chi connectivity index (χ0) is 10.8. The highest BCUT2D eigenvalue weighted by Crippen LogP contribution is 2.23. The van der Waals surface area contributed by atoms with Crippen molar-refractivity contribution in [2.24, 2.45) is 5.73 Å². The zero-order valence-corrected chi connectivity index (χ0v) is 7.56. The number of pyridine rings is 1.